The maximum Gasteiger partial charge on any atom is 0.183 e. The Morgan fingerprint density at radius 1 is 0.625 bits per heavy atom. The van der Waals surface area contributed by atoms with Crippen LogP contribution in [0.25, 0.3) is 0 Å². The van der Waals surface area contributed by atoms with Crippen molar-refractivity contribution < 1.29 is 4.74 Å². The van der Waals surface area contributed by atoms with Crippen LogP contribution >= 0.6 is 0 Å². The van der Waals surface area contributed by atoms with Gasteiger partial charge in [-0.2, -0.15) is 0 Å². The zero-order chi connectivity index (χ0) is 23.2. The van der Waals surface area contributed by atoms with Gasteiger partial charge in [-0.05, 0) is 46.0 Å². The van der Waals surface area contributed by atoms with Gasteiger partial charge in [0.25, 0.3) is 0 Å². The van der Waals surface area contributed by atoms with Crippen molar-refractivity contribution >= 4 is 5.90 Å². The van der Waals surface area contributed by atoms with Gasteiger partial charge < -0.3 is 4.74 Å². The molecule has 32 heavy (non-hydrogen) atoms. The second-order valence-electron chi connectivity index (χ2n) is 10.8. The molecular weight excluding hydrogens is 390 g/mol. The molecule has 0 N–H and O–H groups in total. The Bertz CT molecular complexity index is 465. The number of allylic oxidation sites excluding steroid dienone is 2. The predicted octanol–water partition coefficient (Wildman–Crippen LogP) is 10.4. The van der Waals surface area contributed by atoms with E-state index >= 15 is 0 Å². The molecule has 0 spiro atoms. The highest BCUT2D eigenvalue weighted by atomic mass is 16.5. The lowest BCUT2D eigenvalue weighted by atomic mass is 10.0. The first-order valence-corrected chi connectivity index (χ1v) is 14.5. The summed E-state index contributed by atoms with van der Waals surface area (Å²) >= 11 is 0. The van der Waals surface area contributed by atoms with Crippen molar-refractivity contribution in [1.82, 2.24) is 0 Å². The zero-order valence-corrected chi connectivity index (χ0v) is 22.3. The van der Waals surface area contributed by atoms with Crippen molar-refractivity contribution in [3.8, 4) is 0 Å². The molecule has 0 aliphatic carbocycles. The summed E-state index contributed by atoms with van der Waals surface area (Å²) in [5.41, 5.74) is 0.0137. The molecule has 0 fully saturated rings. The van der Waals surface area contributed by atoms with Crippen LogP contribution in [0.4, 0.5) is 0 Å². The van der Waals surface area contributed by atoms with Gasteiger partial charge in [0.05, 0.1) is 5.54 Å². The molecule has 0 bridgehead atoms. The van der Waals surface area contributed by atoms with Gasteiger partial charge in [0.1, 0.15) is 6.61 Å². The highest BCUT2D eigenvalue weighted by Crippen LogP contribution is 2.20. The molecule has 1 aliphatic rings. The average Bonchev–Trinajstić information content (AvgIpc) is 3.12. The van der Waals surface area contributed by atoms with Crippen LogP contribution in [0.1, 0.15) is 162 Å². The minimum Gasteiger partial charge on any atom is -0.478 e. The normalized spacial score (nSPS) is 15.4. The fourth-order valence-electron chi connectivity index (χ4n) is 4.55. The van der Waals surface area contributed by atoms with E-state index in [9.17, 15) is 0 Å². The first-order chi connectivity index (χ1) is 15.6. The standard InChI is InChI=1S/C30H57NO/c1-4-5-6-7-8-9-10-11-12-13-14-15-16-17-18-19-20-21-22-23-24-25-26-27-29-31-30(2,3)28-32-29/h9-10H,4-8,11-28H2,1-3H3/b10-9-. The highest BCUT2D eigenvalue weighted by molar-refractivity contribution is 5.78. The Balaban J connectivity index is 1.69. The number of hydrogen-bond donors (Lipinski definition) is 0. The molecule has 0 aromatic rings. The van der Waals surface area contributed by atoms with Crippen molar-refractivity contribution in [1.29, 1.82) is 0 Å². The molecule has 1 heterocycles. The van der Waals surface area contributed by atoms with Gasteiger partial charge >= 0.3 is 0 Å². The topological polar surface area (TPSA) is 21.6 Å². The first kappa shape index (κ1) is 29.2. The molecule has 0 aromatic carbocycles. The van der Waals surface area contributed by atoms with Gasteiger partial charge in [-0.3, -0.25) is 0 Å². The molecular formula is C30H57NO. The molecule has 2 heteroatoms. The van der Waals surface area contributed by atoms with Crippen molar-refractivity contribution in [3.05, 3.63) is 12.2 Å². The van der Waals surface area contributed by atoms with E-state index in [4.69, 9.17) is 4.74 Å². The Morgan fingerprint density at radius 3 is 1.44 bits per heavy atom. The van der Waals surface area contributed by atoms with Gasteiger partial charge in [0, 0.05) is 6.42 Å². The number of nitrogens with zero attached hydrogens (tertiary/aromatic N) is 1. The van der Waals surface area contributed by atoms with Crippen LogP contribution in [0, 0.1) is 0 Å². The molecule has 0 saturated heterocycles. The summed E-state index contributed by atoms with van der Waals surface area (Å²) in [5.74, 6) is 0.996. The predicted molar refractivity (Wildman–Crippen MR) is 144 cm³/mol. The minimum atomic E-state index is 0.0137. The Hall–Kier alpha value is -0.790. The Morgan fingerprint density at radius 2 is 1.03 bits per heavy atom. The van der Waals surface area contributed by atoms with E-state index in [0.29, 0.717) is 0 Å². The number of ether oxygens (including phenoxy) is 1. The highest BCUT2D eigenvalue weighted by Gasteiger charge is 2.25. The van der Waals surface area contributed by atoms with Crippen LogP contribution in [0.5, 0.6) is 0 Å². The molecule has 0 amide bonds. The lowest BCUT2D eigenvalue weighted by molar-refractivity contribution is 0.273. The van der Waals surface area contributed by atoms with Gasteiger partial charge in [-0.15, -0.1) is 0 Å². The maximum atomic E-state index is 5.67. The van der Waals surface area contributed by atoms with Crippen LogP contribution in [0.2, 0.25) is 0 Å². The molecule has 0 saturated carbocycles. The van der Waals surface area contributed by atoms with Crippen molar-refractivity contribution in [2.45, 2.75) is 168 Å². The summed E-state index contributed by atoms with van der Waals surface area (Å²) in [4.78, 5) is 4.64. The van der Waals surface area contributed by atoms with E-state index in [2.05, 4.69) is 37.9 Å². The summed E-state index contributed by atoms with van der Waals surface area (Å²) in [6, 6.07) is 0. The molecule has 0 unspecified atom stereocenters. The minimum absolute atomic E-state index is 0.0137. The summed E-state index contributed by atoms with van der Waals surface area (Å²) in [6.45, 7) is 7.35. The molecule has 2 nitrogen and oxygen atoms in total. The van der Waals surface area contributed by atoms with E-state index in [-0.39, 0.29) is 5.54 Å². The van der Waals surface area contributed by atoms with Gasteiger partial charge in [0.15, 0.2) is 5.90 Å². The van der Waals surface area contributed by atoms with E-state index in [1.165, 1.54) is 135 Å². The van der Waals surface area contributed by atoms with Crippen molar-refractivity contribution in [2.75, 3.05) is 6.61 Å². The van der Waals surface area contributed by atoms with Crippen molar-refractivity contribution in [2.24, 2.45) is 4.99 Å². The summed E-state index contributed by atoms with van der Waals surface area (Å²) in [7, 11) is 0. The van der Waals surface area contributed by atoms with Crippen molar-refractivity contribution in [3.63, 3.8) is 0 Å². The lowest BCUT2D eigenvalue weighted by Gasteiger charge is -2.07. The van der Waals surface area contributed by atoms with Gasteiger partial charge in [-0.25, -0.2) is 4.99 Å². The smallest absolute Gasteiger partial charge is 0.183 e. The monoisotopic (exact) mass is 447 g/mol. The summed E-state index contributed by atoms with van der Waals surface area (Å²) in [6.07, 6.45) is 35.3. The first-order valence-electron chi connectivity index (χ1n) is 14.5. The quantitative estimate of drug-likeness (QED) is 0.113. The number of hydrogen-bond acceptors (Lipinski definition) is 2. The number of unbranched alkanes of at least 4 members (excludes halogenated alkanes) is 19. The number of aliphatic imine (C=N–C) groups is 1. The van der Waals surface area contributed by atoms with Crippen LogP contribution in [-0.2, 0) is 4.74 Å². The van der Waals surface area contributed by atoms with Crippen LogP contribution in [0.3, 0.4) is 0 Å². The molecule has 1 rings (SSSR count). The van der Waals surface area contributed by atoms with Gasteiger partial charge in [0.2, 0.25) is 0 Å². The number of rotatable bonds is 23. The third-order valence-corrected chi connectivity index (χ3v) is 6.67. The Kier molecular flexibility index (Phi) is 19.0. The van der Waals surface area contributed by atoms with E-state index in [1.807, 2.05) is 0 Å². The third kappa shape index (κ3) is 18.8. The maximum absolute atomic E-state index is 5.67. The molecule has 0 aromatic heterocycles. The lowest BCUT2D eigenvalue weighted by Crippen LogP contribution is -2.17. The second kappa shape index (κ2) is 20.8. The molecule has 0 radical (unpaired) electrons. The average molecular weight is 448 g/mol. The summed E-state index contributed by atoms with van der Waals surface area (Å²) < 4.78 is 5.67. The van der Waals surface area contributed by atoms with Crippen LogP contribution < -0.4 is 0 Å². The van der Waals surface area contributed by atoms with E-state index < -0.39 is 0 Å². The van der Waals surface area contributed by atoms with Crippen LogP contribution in [-0.4, -0.2) is 18.0 Å². The third-order valence-electron chi connectivity index (χ3n) is 6.67. The molecule has 0 atom stereocenters. The largest absolute Gasteiger partial charge is 0.478 e. The Labute approximate surface area is 202 Å². The fourth-order valence-corrected chi connectivity index (χ4v) is 4.55. The molecule has 1 aliphatic heterocycles. The summed E-state index contributed by atoms with van der Waals surface area (Å²) in [5, 5.41) is 0. The fraction of sp³-hybridized carbons (Fsp3) is 0.900. The molecule has 188 valence electrons. The zero-order valence-electron chi connectivity index (χ0n) is 22.3. The van der Waals surface area contributed by atoms with E-state index in [0.717, 1.165) is 18.9 Å². The SMILES string of the molecule is CCCCCC/C=C\CCCCCCCCCCCCCCCCCC1=NC(C)(C)CO1. The van der Waals surface area contributed by atoms with Gasteiger partial charge in [-0.1, -0.05) is 122 Å². The van der Waals surface area contributed by atoms with E-state index in [1.54, 1.807) is 0 Å². The second-order valence-corrected chi connectivity index (χ2v) is 10.8. The van der Waals surface area contributed by atoms with Crippen LogP contribution in [0.15, 0.2) is 17.1 Å².